The van der Waals surface area contributed by atoms with Crippen molar-refractivity contribution in [3.05, 3.63) is 93.0 Å². The Morgan fingerprint density at radius 1 is 0.969 bits per heavy atom. The summed E-state index contributed by atoms with van der Waals surface area (Å²) in [7, 11) is -0.526. The van der Waals surface area contributed by atoms with Gasteiger partial charge in [-0.15, -0.1) is 0 Å². The minimum absolute atomic E-state index is 0.105. The van der Waals surface area contributed by atoms with E-state index in [1.807, 2.05) is 36.4 Å². The highest BCUT2D eigenvalue weighted by Gasteiger charge is 2.39. The van der Waals surface area contributed by atoms with Gasteiger partial charge < -0.3 is 9.47 Å². The molecule has 0 N–H and O–H groups in total. The molecule has 5 nitrogen and oxygen atoms in total. The minimum Gasteiger partial charge on any atom is -0.497 e. The molecule has 1 aliphatic heterocycles. The number of sulfonamides is 1. The molecule has 168 valence electrons. The van der Waals surface area contributed by atoms with Crippen molar-refractivity contribution in [2.45, 2.75) is 18.2 Å². The molecule has 0 aromatic heterocycles. The molecule has 32 heavy (non-hydrogen) atoms. The highest BCUT2D eigenvalue weighted by atomic mass is 35.5. The van der Waals surface area contributed by atoms with Crippen molar-refractivity contribution in [1.82, 2.24) is 4.31 Å². The number of hydrogen-bond donors (Lipinski definition) is 0. The Kier molecular flexibility index (Phi) is 6.67. The number of hydrogen-bond acceptors (Lipinski definition) is 4. The van der Waals surface area contributed by atoms with Crippen LogP contribution in [0.25, 0.3) is 0 Å². The van der Waals surface area contributed by atoms with Gasteiger partial charge in [0, 0.05) is 28.2 Å². The van der Waals surface area contributed by atoms with E-state index in [-0.39, 0.29) is 5.75 Å². The second kappa shape index (κ2) is 9.32. The maximum Gasteiger partial charge on any atom is 0.219 e. The van der Waals surface area contributed by atoms with Crippen molar-refractivity contribution in [1.29, 1.82) is 0 Å². The van der Waals surface area contributed by atoms with E-state index in [1.54, 1.807) is 38.5 Å². The Morgan fingerprint density at radius 2 is 1.66 bits per heavy atom. The van der Waals surface area contributed by atoms with Gasteiger partial charge in [0.25, 0.3) is 0 Å². The first-order valence-corrected chi connectivity index (χ1v) is 12.4. The lowest BCUT2D eigenvalue weighted by atomic mass is 9.88. The van der Waals surface area contributed by atoms with E-state index in [9.17, 15) is 8.42 Å². The average Bonchev–Trinajstić information content (AvgIpc) is 2.77. The monoisotopic (exact) mass is 491 g/mol. The Hall–Kier alpha value is -2.25. The smallest absolute Gasteiger partial charge is 0.219 e. The number of halogens is 2. The summed E-state index contributed by atoms with van der Waals surface area (Å²) >= 11 is 12.6. The first-order chi connectivity index (χ1) is 15.3. The van der Waals surface area contributed by atoms with Crippen LogP contribution < -0.4 is 9.47 Å². The SMILES string of the molecule is COc1cc2c(c(OC)c1)C(c1cc(Cl)cc(Cl)c1)N(S(=O)(=O)Cc1ccccc1)CC2. The predicted octanol–water partition coefficient (Wildman–Crippen LogP) is 5.49. The highest BCUT2D eigenvalue weighted by molar-refractivity contribution is 7.88. The molecule has 0 amide bonds. The van der Waals surface area contributed by atoms with Crippen LogP contribution in [0.5, 0.6) is 11.5 Å². The van der Waals surface area contributed by atoms with E-state index >= 15 is 0 Å². The molecule has 0 spiro atoms. The van der Waals surface area contributed by atoms with E-state index in [2.05, 4.69) is 0 Å². The molecule has 0 fully saturated rings. The summed E-state index contributed by atoms with van der Waals surface area (Å²) in [4.78, 5) is 0. The first-order valence-electron chi connectivity index (χ1n) is 10.1. The number of methoxy groups -OCH3 is 2. The second-order valence-corrected chi connectivity index (χ2v) is 10.4. The fourth-order valence-corrected chi connectivity index (χ4v) is 6.44. The molecule has 3 aromatic rings. The summed E-state index contributed by atoms with van der Waals surface area (Å²) in [6, 6.07) is 17.3. The Labute approximate surface area is 198 Å². The van der Waals surface area contributed by atoms with E-state index in [4.69, 9.17) is 32.7 Å². The molecule has 3 aromatic carbocycles. The van der Waals surface area contributed by atoms with Gasteiger partial charge >= 0.3 is 0 Å². The number of nitrogens with zero attached hydrogens (tertiary/aromatic N) is 1. The van der Waals surface area contributed by atoms with Crippen LogP contribution in [0.3, 0.4) is 0 Å². The van der Waals surface area contributed by atoms with Gasteiger partial charge in [0.15, 0.2) is 0 Å². The van der Waals surface area contributed by atoms with Gasteiger partial charge in [-0.25, -0.2) is 8.42 Å². The molecule has 0 bridgehead atoms. The zero-order valence-electron chi connectivity index (χ0n) is 17.7. The number of benzene rings is 3. The zero-order chi connectivity index (χ0) is 22.9. The van der Waals surface area contributed by atoms with Crippen LogP contribution in [-0.2, 0) is 22.2 Å². The highest BCUT2D eigenvalue weighted by Crippen LogP contribution is 2.45. The second-order valence-electron chi connectivity index (χ2n) is 7.61. The number of fused-ring (bicyclic) bond motifs is 1. The van der Waals surface area contributed by atoms with Crippen molar-refractivity contribution in [3.8, 4) is 11.5 Å². The summed E-state index contributed by atoms with van der Waals surface area (Å²) in [6.45, 7) is 0.313. The largest absolute Gasteiger partial charge is 0.497 e. The van der Waals surface area contributed by atoms with Gasteiger partial charge in [-0.2, -0.15) is 4.31 Å². The van der Waals surface area contributed by atoms with E-state index in [1.165, 1.54) is 4.31 Å². The Balaban J connectivity index is 1.89. The van der Waals surface area contributed by atoms with Gasteiger partial charge in [-0.1, -0.05) is 53.5 Å². The molecule has 1 unspecified atom stereocenters. The van der Waals surface area contributed by atoms with Crippen molar-refractivity contribution in [2.75, 3.05) is 20.8 Å². The van der Waals surface area contributed by atoms with E-state index in [0.717, 1.165) is 16.7 Å². The maximum atomic E-state index is 13.6. The third kappa shape index (κ3) is 4.59. The van der Waals surface area contributed by atoms with Gasteiger partial charge in [-0.3, -0.25) is 0 Å². The topological polar surface area (TPSA) is 55.8 Å². The summed E-state index contributed by atoms with van der Waals surface area (Å²) in [5.74, 6) is 1.11. The molecule has 4 rings (SSSR count). The van der Waals surface area contributed by atoms with Crippen LogP contribution in [0, 0.1) is 0 Å². The van der Waals surface area contributed by atoms with E-state index in [0.29, 0.717) is 40.1 Å². The lowest BCUT2D eigenvalue weighted by Gasteiger charge is -2.38. The molecule has 1 heterocycles. The molecule has 0 saturated heterocycles. The molecule has 8 heteroatoms. The molecule has 0 radical (unpaired) electrons. The molecule has 1 aliphatic rings. The zero-order valence-corrected chi connectivity index (χ0v) is 20.0. The maximum absolute atomic E-state index is 13.6. The minimum atomic E-state index is -3.68. The van der Waals surface area contributed by atoms with Crippen LogP contribution in [0.1, 0.15) is 28.3 Å². The Morgan fingerprint density at radius 3 is 2.28 bits per heavy atom. The number of rotatable bonds is 6. The summed E-state index contributed by atoms with van der Waals surface area (Å²) < 4.78 is 39.9. The van der Waals surface area contributed by atoms with Crippen LogP contribution in [0.15, 0.2) is 60.7 Å². The van der Waals surface area contributed by atoms with Crippen LogP contribution >= 0.6 is 23.2 Å². The van der Waals surface area contributed by atoms with Crippen LogP contribution in [0.2, 0.25) is 10.0 Å². The predicted molar refractivity (Wildman–Crippen MR) is 127 cm³/mol. The first kappa shape index (κ1) is 22.9. The summed E-state index contributed by atoms with van der Waals surface area (Å²) in [6.07, 6.45) is 0.529. The normalized spacial score (nSPS) is 16.4. The molecular formula is C24H23Cl2NO4S. The van der Waals surface area contributed by atoms with Gasteiger partial charge in [0.1, 0.15) is 11.5 Å². The molecule has 0 aliphatic carbocycles. The number of ether oxygens (including phenoxy) is 2. The van der Waals surface area contributed by atoms with Gasteiger partial charge in [0.2, 0.25) is 10.0 Å². The van der Waals surface area contributed by atoms with Crippen LogP contribution in [0.4, 0.5) is 0 Å². The van der Waals surface area contributed by atoms with E-state index < -0.39 is 16.1 Å². The van der Waals surface area contributed by atoms with Crippen molar-refractivity contribution >= 4 is 33.2 Å². The summed E-state index contributed by atoms with van der Waals surface area (Å²) in [5.41, 5.74) is 3.15. The molecule has 0 saturated carbocycles. The lowest BCUT2D eigenvalue weighted by Crippen LogP contribution is -2.41. The Bertz CT molecular complexity index is 1190. The van der Waals surface area contributed by atoms with Gasteiger partial charge in [-0.05, 0) is 47.4 Å². The van der Waals surface area contributed by atoms with Crippen molar-refractivity contribution in [3.63, 3.8) is 0 Å². The lowest BCUT2D eigenvalue weighted by molar-refractivity contribution is 0.323. The standard InChI is InChI=1S/C24H23Cl2NO4S/c1-30-21-12-17-8-9-27(32(28,29)15-16-6-4-3-5-7-16)24(23(17)22(14-21)31-2)18-10-19(25)13-20(26)11-18/h3-7,10-14,24H,8-9,15H2,1-2H3. The third-order valence-corrected chi connectivity index (χ3v) is 7.81. The quantitative estimate of drug-likeness (QED) is 0.457. The molecule has 1 atom stereocenters. The fraction of sp³-hybridized carbons (Fsp3) is 0.250. The molecular weight excluding hydrogens is 469 g/mol. The summed E-state index contributed by atoms with van der Waals surface area (Å²) in [5, 5.41) is 0.875. The average molecular weight is 492 g/mol. The van der Waals surface area contributed by atoms with Crippen LogP contribution in [-0.4, -0.2) is 33.5 Å². The fourth-order valence-electron chi connectivity index (χ4n) is 4.20. The van der Waals surface area contributed by atoms with Crippen molar-refractivity contribution in [2.24, 2.45) is 0 Å². The van der Waals surface area contributed by atoms with Crippen molar-refractivity contribution < 1.29 is 17.9 Å². The van der Waals surface area contributed by atoms with Gasteiger partial charge in [0.05, 0.1) is 26.0 Å². The third-order valence-electron chi connectivity index (χ3n) is 5.57.